The highest BCUT2D eigenvalue weighted by molar-refractivity contribution is 6.03. The van der Waals surface area contributed by atoms with Crippen LogP contribution < -0.4 is 0 Å². The van der Waals surface area contributed by atoms with Crippen LogP contribution >= 0.6 is 0 Å². The standard InChI is InChI=1S/C21H30O3/c1-13-12-19(5,6)20(7,8)16-14(2)21(9,24-17(16)23)18(3,4)11-10-15(13)22/h10-12H,1-9H3/b11-10-,13-12-/t21-/m0/s1. The molecule has 1 aliphatic carbocycles. The third-order valence-electron chi connectivity index (χ3n) is 6.67. The molecule has 1 atom stereocenters. The molecule has 2 bridgehead atoms. The molecule has 3 nitrogen and oxygen atoms in total. The van der Waals surface area contributed by atoms with E-state index in [1.807, 2.05) is 46.8 Å². The van der Waals surface area contributed by atoms with Crippen LogP contribution in [-0.2, 0) is 14.3 Å². The van der Waals surface area contributed by atoms with Crippen LogP contribution in [0.3, 0.4) is 0 Å². The third-order valence-corrected chi connectivity index (χ3v) is 6.67. The van der Waals surface area contributed by atoms with E-state index in [9.17, 15) is 9.59 Å². The number of rotatable bonds is 0. The van der Waals surface area contributed by atoms with Crippen LogP contribution in [0.25, 0.3) is 0 Å². The lowest BCUT2D eigenvalue weighted by atomic mass is 9.61. The Balaban J connectivity index is 2.86. The van der Waals surface area contributed by atoms with E-state index >= 15 is 0 Å². The lowest BCUT2D eigenvalue weighted by molar-refractivity contribution is -0.153. The molecule has 1 heterocycles. The van der Waals surface area contributed by atoms with Crippen molar-refractivity contribution >= 4 is 11.8 Å². The normalized spacial score (nSPS) is 35.0. The van der Waals surface area contributed by atoms with E-state index in [-0.39, 0.29) is 17.2 Å². The van der Waals surface area contributed by atoms with Gasteiger partial charge in [-0.3, -0.25) is 4.79 Å². The number of carbonyl (C=O) groups excluding carboxylic acids is 2. The molecule has 0 N–H and O–H groups in total. The Hall–Kier alpha value is -1.64. The third kappa shape index (κ3) is 2.40. The van der Waals surface area contributed by atoms with Crippen molar-refractivity contribution in [3.05, 3.63) is 34.9 Å². The SMILES string of the molecule is CC1=C2C(=O)O[C@]1(C)C(C)(C)/C=C\C(=O)/C(C)=C\C(C)(C)C2(C)C. The monoisotopic (exact) mass is 330 g/mol. The molecule has 0 saturated heterocycles. The van der Waals surface area contributed by atoms with Gasteiger partial charge >= 0.3 is 5.97 Å². The zero-order valence-electron chi connectivity index (χ0n) is 16.5. The fourth-order valence-corrected chi connectivity index (χ4v) is 3.73. The molecular weight excluding hydrogens is 300 g/mol. The number of esters is 1. The molecule has 24 heavy (non-hydrogen) atoms. The van der Waals surface area contributed by atoms with Crippen LogP contribution in [0.4, 0.5) is 0 Å². The summed E-state index contributed by atoms with van der Waals surface area (Å²) in [6, 6.07) is 0. The molecule has 1 aliphatic heterocycles. The smallest absolute Gasteiger partial charge is 0.335 e. The number of ether oxygens (including phenoxy) is 1. The van der Waals surface area contributed by atoms with E-state index in [2.05, 4.69) is 27.7 Å². The van der Waals surface area contributed by atoms with Gasteiger partial charge in [-0.25, -0.2) is 4.79 Å². The minimum atomic E-state index is -0.762. The summed E-state index contributed by atoms with van der Waals surface area (Å²) in [5.41, 5.74) is 0.297. The first-order valence-electron chi connectivity index (χ1n) is 8.55. The van der Waals surface area contributed by atoms with Crippen molar-refractivity contribution in [2.24, 2.45) is 16.2 Å². The molecule has 0 fully saturated rings. The Bertz CT molecular complexity index is 699. The molecule has 0 saturated carbocycles. The maximum absolute atomic E-state index is 12.8. The van der Waals surface area contributed by atoms with Gasteiger partial charge in [0.2, 0.25) is 0 Å². The molecule has 2 rings (SSSR count). The Morgan fingerprint density at radius 3 is 1.96 bits per heavy atom. The molecule has 2 aliphatic rings. The summed E-state index contributed by atoms with van der Waals surface area (Å²) < 4.78 is 5.91. The number of carbonyl (C=O) groups is 2. The second-order valence-electron chi connectivity index (χ2n) is 9.02. The molecule has 0 unspecified atom stereocenters. The quantitative estimate of drug-likeness (QED) is 0.600. The molecular formula is C21H30O3. The van der Waals surface area contributed by atoms with Crippen molar-refractivity contribution < 1.29 is 14.3 Å². The highest BCUT2D eigenvalue weighted by atomic mass is 16.6. The van der Waals surface area contributed by atoms with Gasteiger partial charge in [0.05, 0.1) is 0 Å². The van der Waals surface area contributed by atoms with Crippen LogP contribution in [-0.4, -0.2) is 17.4 Å². The van der Waals surface area contributed by atoms with Crippen LogP contribution in [0.15, 0.2) is 34.9 Å². The van der Waals surface area contributed by atoms with Gasteiger partial charge < -0.3 is 4.74 Å². The zero-order chi connectivity index (χ0) is 18.7. The average Bonchev–Trinajstić information content (AvgIpc) is 2.66. The first kappa shape index (κ1) is 18.7. The summed E-state index contributed by atoms with van der Waals surface area (Å²) in [7, 11) is 0. The van der Waals surface area contributed by atoms with Crippen molar-refractivity contribution in [3.8, 4) is 0 Å². The molecule has 0 spiro atoms. The molecule has 3 heteroatoms. The highest BCUT2D eigenvalue weighted by Gasteiger charge is 2.56. The van der Waals surface area contributed by atoms with Gasteiger partial charge in [-0.15, -0.1) is 0 Å². The molecule has 0 aromatic carbocycles. The molecule has 0 aromatic heterocycles. The van der Waals surface area contributed by atoms with E-state index in [0.29, 0.717) is 5.57 Å². The second-order valence-corrected chi connectivity index (χ2v) is 9.02. The first-order chi connectivity index (χ1) is 10.7. The fourth-order valence-electron chi connectivity index (χ4n) is 3.73. The van der Waals surface area contributed by atoms with Crippen molar-refractivity contribution in [2.45, 2.75) is 67.9 Å². The lowest BCUT2D eigenvalue weighted by Gasteiger charge is -2.41. The molecule has 0 aromatic rings. The summed E-state index contributed by atoms with van der Waals surface area (Å²) in [6.07, 6.45) is 5.48. The van der Waals surface area contributed by atoms with Crippen molar-refractivity contribution in [3.63, 3.8) is 0 Å². The van der Waals surface area contributed by atoms with Gasteiger partial charge in [0.25, 0.3) is 0 Å². The van der Waals surface area contributed by atoms with Gasteiger partial charge in [0.15, 0.2) is 5.78 Å². The van der Waals surface area contributed by atoms with E-state index in [0.717, 1.165) is 11.1 Å². The van der Waals surface area contributed by atoms with Crippen LogP contribution in [0, 0.1) is 16.2 Å². The Kier molecular flexibility index (Phi) is 4.03. The van der Waals surface area contributed by atoms with Gasteiger partial charge in [-0.1, -0.05) is 53.7 Å². The zero-order valence-corrected chi connectivity index (χ0v) is 16.5. The largest absolute Gasteiger partial charge is 0.451 e. The summed E-state index contributed by atoms with van der Waals surface area (Å²) in [5, 5.41) is 0. The molecule has 0 amide bonds. The van der Waals surface area contributed by atoms with Crippen LogP contribution in [0.2, 0.25) is 0 Å². The Morgan fingerprint density at radius 2 is 1.42 bits per heavy atom. The summed E-state index contributed by atoms with van der Waals surface area (Å²) in [5.74, 6) is -0.241. The van der Waals surface area contributed by atoms with E-state index in [1.165, 1.54) is 0 Å². The predicted octanol–water partition coefficient (Wildman–Crippen LogP) is 4.78. The number of ketones is 1. The van der Waals surface area contributed by atoms with E-state index < -0.39 is 16.4 Å². The lowest BCUT2D eigenvalue weighted by Crippen LogP contribution is -2.42. The van der Waals surface area contributed by atoms with Gasteiger partial charge in [-0.05, 0) is 43.4 Å². The van der Waals surface area contributed by atoms with E-state index in [1.54, 1.807) is 6.08 Å². The minimum Gasteiger partial charge on any atom is -0.451 e. The summed E-state index contributed by atoms with van der Waals surface area (Å²) in [6.45, 7) is 18.1. The maximum Gasteiger partial charge on any atom is 0.335 e. The van der Waals surface area contributed by atoms with Crippen molar-refractivity contribution in [1.29, 1.82) is 0 Å². The van der Waals surface area contributed by atoms with Crippen LogP contribution in [0.5, 0.6) is 0 Å². The number of fused-ring (bicyclic) bond motifs is 1. The maximum atomic E-state index is 12.8. The topological polar surface area (TPSA) is 43.4 Å². The Morgan fingerprint density at radius 1 is 0.875 bits per heavy atom. The van der Waals surface area contributed by atoms with Crippen molar-refractivity contribution in [2.75, 3.05) is 0 Å². The van der Waals surface area contributed by atoms with Crippen LogP contribution in [0.1, 0.15) is 62.3 Å². The fraction of sp³-hybridized carbons (Fsp3) is 0.619. The minimum absolute atomic E-state index is 0.00213. The predicted molar refractivity (Wildman–Crippen MR) is 96.4 cm³/mol. The summed E-state index contributed by atoms with van der Waals surface area (Å²) >= 11 is 0. The van der Waals surface area contributed by atoms with Crippen molar-refractivity contribution in [1.82, 2.24) is 0 Å². The highest BCUT2D eigenvalue weighted by Crippen LogP contribution is 2.55. The first-order valence-corrected chi connectivity index (χ1v) is 8.55. The van der Waals surface area contributed by atoms with E-state index in [4.69, 9.17) is 4.74 Å². The van der Waals surface area contributed by atoms with Gasteiger partial charge in [-0.2, -0.15) is 0 Å². The number of hydrogen-bond donors (Lipinski definition) is 0. The van der Waals surface area contributed by atoms with Gasteiger partial charge in [0, 0.05) is 16.4 Å². The average molecular weight is 330 g/mol. The second kappa shape index (κ2) is 5.18. The molecule has 132 valence electrons. The summed E-state index contributed by atoms with van der Waals surface area (Å²) in [4.78, 5) is 25.3. The number of allylic oxidation sites excluding steroid dienone is 3. The molecule has 0 radical (unpaired) electrons. The van der Waals surface area contributed by atoms with Gasteiger partial charge in [0.1, 0.15) is 5.60 Å². The Labute approximate surface area is 145 Å². The number of hydrogen-bond acceptors (Lipinski definition) is 3.